The SMILES string of the molecule is COc1cnc(CSc2nnnn2C)cc1OCC(=O)Nc1cc(C)cc(C)c1. The van der Waals surface area contributed by atoms with E-state index in [4.69, 9.17) is 9.47 Å². The molecule has 0 aliphatic heterocycles. The Balaban J connectivity index is 1.62. The molecule has 0 saturated heterocycles. The number of benzene rings is 1. The van der Waals surface area contributed by atoms with E-state index in [2.05, 4.69) is 25.8 Å². The molecular weight excluding hydrogens is 392 g/mol. The minimum absolute atomic E-state index is 0.146. The molecule has 0 atom stereocenters. The fourth-order valence-electron chi connectivity index (χ4n) is 2.68. The molecule has 9 nitrogen and oxygen atoms in total. The van der Waals surface area contributed by atoms with Crippen molar-refractivity contribution in [3.63, 3.8) is 0 Å². The van der Waals surface area contributed by atoms with Crippen LogP contribution < -0.4 is 14.8 Å². The highest BCUT2D eigenvalue weighted by Crippen LogP contribution is 2.29. The summed E-state index contributed by atoms with van der Waals surface area (Å²) >= 11 is 1.45. The van der Waals surface area contributed by atoms with E-state index in [-0.39, 0.29) is 12.5 Å². The second kappa shape index (κ2) is 9.37. The van der Waals surface area contributed by atoms with E-state index in [1.54, 1.807) is 24.0 Å². The predicted octanol–water partition coefficient (Wildman–Crippen LogP) is 2.54. The number of aryl methyl sites for hydroxylation is 3. The van der Waals surface area contributed by atoms with Crippen LogP contribution in [-0.4, -0.2) is 44.8 Å². The minimum atomic E-state index is -0.255. The lowest BCUT2D eigenvalue weighted by molar-refractivity contribution is -0.118. The number of hydrogen-bond donors (Lipinski definition) is 1. The van der Waals surface area contributed by atoms with Crippen molar-refractivity contribution < 1.29 is 14.3 Å². The summed E-state index contributed by atoms with van der Waals surface area (Å²) in [6.07, 6.45) is 1.57. The van der Waals surface area contributed by atoms with Gasteiger partial charge in [-0.25, -0.2) is 4.68 Å². The van der Waals surface area contributed by atoms with Crippen LogP contribution in [0.4, 0.5) is 5.69 Å². The molecule has 1 N–H and O–H groups in total. The Labute approximate surface area is 172 Å². The van der Waals surface area contributed by atoms with Gasteiger partial charge in [-0.2, -0.15) is 0 Å². The molecule has 1 aromatic carbocycles. The number of ether oxygens (including phenoxy) is 2. The molecule has 3 aromatic rings. The zero-order valence-corrected chi connectivity index (χ0v) is 17.5. The number of methoxy groups -OCH3 is 1. The van der Waals surface area contributed by atoms with Crippen molar-refractivity contribution in [3.8, 4) is 11.5 Å². The van der Waals surface area contributed by atoms with E-state index in [1.807, 2.05) is 32.0 Å². The minimum Gasteiger partial charge on any atom is -0.491 e. The van der Waals surface area contributed by atoms with E-state index >= 15 is 0 Å². The van der Waals surface area contributed by atoms with Crippen LogP contribution in [-0.2, 0) is 17.6 Å². The first-order valence-electron chi connectivity index (χ1n) is 8.83. The number of rotatable bonds is 8. The Morgan fingerprint density at radius 1 is 1.17 bits per heavy atom. The molecular formula is C19H22N6O3S. The summed E-state index contributed by atoms with van der Waals surface area (Å²) in [6.45, 7) is 3.82. The largest absolute Gasteiger partial charge is 0.491 e. The average molecular weight is 414 g/mol. The summed E-state index contributed by atoms with van der Waals surface area (Å²) < 4.78 is 12.6. The molecule has 0 bridgehead atoms. The molecule has 10 heteroatoms. The van der Waals surface area contributed by atoms with Crippen molar-refractivity contribution in [1.82, 2.24) is 25.2 Å². The predicted molar refractivity (Wildman–Crippen MR) is 109 cm³/mol. The monoisotopic (exact) mass is 414 g/mol. The number of tetrazole rings is 1. The van der Waals surface area contributed by atoms with Gasteiger partial charge in [-0.1, -0.05) is 17.8 Å². The molecule has 0 aliphatic rings. The lowest BCUT2D eigenvalue weighted by Crippen LogP contribution is -2.20. The molecule has 0 spiro atoms. The molecule has 0 aliphatic carbocycles. The molecule has 3 rings (SSSR count). The van der Waals surface area contributed by atoms with Crippen LogP contribution in [0.3, 0.4) is 0 Å². The van der Waals surface area contributed by atoms with Crippen molar-refractivity contribution >= 4 is 23.4 Å². The number of carbonyl (C=O) groups is 1. The van der Waals surface area contributed by atoms with Gasteiger partial charge in [0, 0.05) is 24.6 Å². The quantitative estimate of drug-likeness (QED) is 0.561. The third-order valence-electron chi connectivity index (χ3n) is 3.90. The van der Waals surface area contributed by atoms with Crippen LogP contribution in [0.1, 0.15) is 16.8 Å². The number of hydrogen-bond acceptors (Lipinski definition) is 8. The van der Waals surface area contributed by atoms with Crippen LogP contribution in [0, 0.1) is 13.8 Å². The maximum atomic E-state index is 12.3. The normalized spacial score (nSPS) is 10.6. The van der Waals surface area contributed by atoms with E-state index in [9.17, 15) is 4.79 Å². The molecule has 152 valence electrons. The highest BCUT2D eigenvalue weighted by molar-refractivity contribution is 7.98. The molecule has 0 saturated carbocycles. The molecule has 2 aromatic heterocycles. The molecule has 29 heavy (non-hydrogen) atoms. The Bertz CT molecular complexity index is 987. The Morgan fingerprint density at radius 3 is 2.59 bits per heavy atom. The summed E-state index contributed by atoms with van der Waals surface area (Å²) in [5.74, 6) is 1.20. The summed E-state index contributed by atoms with van der Waals surface area (Å²) in [5.41, 5.74) is 3.66. The summed E-state index contributed by atoms with van der Waals surface area (Å²) in [6, 6.07) is 7.62. The lowest BCUT2D eigenvalue weighted by atomic mass is 10.1. The number of anilines is 1. The van der Waals surface area contributed by atoms with Gasteiger partial charge in [-0.05, 0) is 47.5 Å². The van der Waals surface area contributed by atoms with Crippen molar-refractivity contribution in [3.05, 3.63) is 47.3 Å². The van der Waals surface area contributed by atoms with Gasteiger partial charge in [0.05, 0.1) is 19.0 Å². The third kappa shape index (κ3) is 5.67. The van der Waals surface area contributed by atoms with Crippen molar-refractivity contribution in [2.75, 3.05) is 19.0 Å². The van der Waals surface area contributed by atoms with Crippen LogP contribution in [0.15, 0.2) is 35.6 Å². The smallest absolute Gasteiger partial charge is 0.262 e. The maximum Gasteiger partial charge on any atom is 0.262 e. The van der Waals surface area contributed by atoms with Gasteiger partial charge >= 0.3 is 0 Å². The van der Waals surface area contributed by atoms with Gasteiger partial charge in [0.25, 0.3) is 5.91 Å². The van der Waals surface area contributed by atoms with Gasteiger partial charge in [0.2, 0.25) is 5.16 Å². The number of amides is 1. The first kappa shape index (κ1) is 20.6. The number of carbonyl (C=O) groups excluding carboxylic acids is 1. The Hall–Kier alpha value is -3.14. The highest BCUT2D eigenvalue weighted by Gasteiger charge is 2.12. The Kier molecular flexibility index (Phi) is 6.65. The van der Waals surface area contributed by atoms with Gasteiger partial charge < -0.3 is 14.8 Å². The zero-order valence-electron chi connectivity index (χ0n) is 16.7. The third-order valence-corrected chi connectivity index (χ3v) is 4.95. The zero-order chi connectivity index (χ0) is 20.8. The number of aromatic nitrogens is 5. The lowest BCUT2D eigenvalue weighted by Gasteiger charge is -2.12. The van der Waals surface area contributed by atoms with Gasteiger partial charge in [0.15, 0.2) is 18.1 Å². The number of thioether (sulfide) groups is 1. The van der Waals surface area contributed by atoms with Crippen molar-refractivity contribution in [1.29, 1.82) is 0 Å². The highest BCUT2D eigenvalue weighted by atomic mass is 32.2. The van der Waals surface area contributed by atoms with Crippen LogP contribution in [0.2, 0.25) is 0 Å². The second-order valence-electron chi connectivity index (χ2n) is 6.41. The maximum absolute atomic E-state index is 12.3. The summed E-state index contributed by atoms with van der Waals surface area (Å²) in [5, 5.41) is 14.9. The van der Waals surface area contributed by atoms with Crippen molar-refractivity contribution in [2.45, 2.75) is 24.8 Å². The standard InChI is InChI=1S/C19H22N6O3S/c1-12-5-13(2)7-14(6-12)21-18(26)10-28-16-8-15(20-9-17(16)27-4)11-29-19-22-23-24-25(19)3/h5-9H,10-11H2,1-4H3,(H,21,26). The fourth-order valence-corrected chi connectivity index (χ4v) is 3.43. The number of pyridine rings is 1. The molecule has 1 amide bonds. The molecule has 2 heterocycles. The average Bonchev–Trinajstić information content (AvgIpc) is 3.08. The van der Waals surface area contributed by atoms with Crippen molar-refractivity contribution in [2.24, 2.45) is 7.05 Å². The van der Waals surface area contributed by atoms with Crippen LogP contribution in [0.5, 0.6) is 11.5 Å². The van der Waals surface area contributed by atoms with Gasteiger partial charge in [0.1, 0.15) is 0 Å². The summed E-state index contributed by atoms with van der Waals surface area (Å²) in [4.78, 5) is 16.6. The van der Waals surface area contributed by atoms with Crippen LogP contribution in [0.25, 0.3) is 0 Å². The van der Waals surface area contributed by atoms with Crippen LogP contribution >= 0.6 is 11.8 Å². The van der Waals surface area contributed by atoms with Gasteiger partial charge in [-0.15, -0.1) is 5.10 Å². The molecule has 0 radical (unpaired) electrons. The van der Waals surface area contributed by atoms with E-state index in [0.717, 1.165) is 22.5 Å². The van der Waals surface area contributed by atoms with E-state index in [0.29, 0.717) is 22.4 Å². The second-order valence-corrected chi connectivity index (χ2v) is 7.36. The number of nitrogens with one attached hydrogen (secondary N) is 1. The number of nitrogens with zero attached hydrogens (tertiary/aromatic N) is 5. The fraction of sp³-hybridized carbons (Fsp3) is 0.316. The van der Waals surface area contributed by atoms with Gasteiger partial charge in [-0.3, -0.25) is 9.78 Å². The topological polar surface area (TPSA) is 104 Å². The first-order valence-corrected chi connectivity index (χ1v) is 9.82. The first-order chi connectivity index (χ1) is 13.9. The van der Waals surface area contributed by atoms with E-state index < -0.39 is 0 Å². The molecule has 0 unspecified atom stereocenters. The Morgan fingerprint density at radius 2 is 1.93 bits per heavy atom. The molecule has 0 fully saturated rings. The van der Waals surface area contributed by atoms with E-state index in [1.165, 1.54) is 18.9 Å². The summed E-state index contributed by atoms with van der Waals surface area (Å²) in [7, 11) is 3.30.